The molecule has 6 heteroatoms. The number of carbonyl (C=O) groups excluding carboxylic acids is 1. The Bertz CT molecular complexity index is 415. The smallest absolute Gasteiger partial charge is 0.242 e. The molecule has 0 aromatic carbocycles. The molecule has 2 fully saturated rings. The third kappa shape index (κ3) is 1.77. The number of amides is 1. The lowest BCUT2D eigenvalue weighted by atomic mass is 10.3. The van der Waals surface area contributed by atoms with Gasteiger partial charge in [0.1, 0.15) is 5.82 Å². The fourth-order valence-corrected chi connectivity index (χ4v) is 2.74. The third-order valence-corrected chi connectivity index (χ3v) is 3.90. The van der Waals surface area contributed by atoms with E-state index < -0.39 is 0 Å². The van der Waals surface area contributed by atoms with Gasteiger partial charge in [-0.05, 0) is 19.8 Å². The Balaban J connectivity index is 1.69. The van der Waals surface area contributed by atoms with E-state index in [-0.39, 0.29) is 5.91 Å². The molecule has 1 saturated heterocycles. The van der Waals surface area contributed by atoms with Gasteiger partial charge in [0.15, 0.2) is 0 Å². The molecule has 86 valence electrons. The first kappa shape index (κ1) is 10.0. The summed E-state index contributed by atoms with van der Waals surface area (Å²) >= 11 is 1.38. The van der Waals surface area contributed by atoms with E-state index in [9.17, 15) is 4.79 Å². The van der Waals surface area contributed by atoms with Crippen molar-refractivity contribution in [3.63, 3.8) is 0 Å². The first-order valence-corrected chi connectivity index (χ1v) is 6.36. The number of aryl methyl sites for hydroxylation is 1. The van der Waals surface area contributed by atoms with Gasteiger partial charge in [0.2, 0.25) is 11.0 Å². The number of carbonyl (C=O) groups is 1. The van der Waals surface area contributed by atoms with Gasteiger partial charge in [-0.15, -0.1) is 0 Å². The summed E-state index contributed by atoms with van der Waals surface area (Å²) < 4.78 is 4.15. The van der Waals surface area contributed by atoms with E-state index in [4.69, 9.17) is 0 Å². The van der Waals surface area contributed by atoms with Gasteiger partial charge in [0, 0.05) is 30.7 Å². The zero-order chi connectivity index (χ0) is 11.1. The lowest BCUT2D eigenvalue weighted by molar-refractivity contribution is -0.131. The largest absolute Gasteiger partial charge is 0.336 e. The molecule has 16 heavy (non-hydrogen) atoms. The molecule has 2 aliphatic rings. The van der Waals surface area contributed by atoms with E-state index in [0.717, 1.165) is 24.0 Å². The first-order valence-electron chi connectivity index (χ1n) is 5.59. The summed E-state index contributed by atoms with van der Waals surface area (Å²) in [5, 5.41) is 0.876. The standard InChI is InChI=1S/C10H14N4OS/c1-7-11-10(16-12-7)13-4-5-14(8-2-3-8)9(15)6-13/h8H,2-6H2,1H3. The van der Waals surface area contributed by atoms with Crippen molar-refractivity contribution in [2.75, 3.05) is 24.5 Å². The maximum atomic E-state index is 11.9. The monoisotopic (exact) mass is 238 g/mol. The van der Waals surface area contributed by atoms with Gasteiger partial charge in [-0.2, -0.15) is 4.37 Å². The van der Waals surface area contributed by atoms with E-state index in [2.05, 4.69) is 9.36 Å². The van der Waals surface area contributed by atoms with Crippen LogP contribution in [0.1, 0.15) is 18.7 Å². The zero-order valence-electron chi connectivity index (χ0n) is 9.22. The molecular formula is C10H14N4OS. The summed E-state index contributed by atoms with van der Waals surface area (Å²) in [6, 6.07) is 0.533. The Morgan fingerprint density at radius 1 is 1.38 bits per heavy atom. The number of rotatable bonds is 2. The van der Waals surface area contributed by atoms with Gasteiger partial charge in [-0.1, -0.05) is 0 Å². The zero-order valence-corrected chi connectivity index (χ0v) is 10.0. The molecular weight excluding hydrogens is 224 g/mol. The van der Waals surface area contributed by atoms with Crippen molar-refractivity contribution in [2.24, 2.45) is 0 Å². The van der Waals surface area contributed by atoms with Crippen molar-refractivity contribution in [3.05, 3.63) is 5.82 Å². The van der Waals surface area contributed by atoms with E-state index in [0.29, 0.717) is 12.6 Å². The average molecular weight is 238 g/mol. The molecule has 0 unspecified atom stereocenters. The Kier molecular flexibility index (Phi) is 2.31. The Hall–Kier alpha value is -1.17. The molecule has 5 nitrogen and oxygen atoms in total. The highest BCUT2D eigenvalue weighted by Gasteiger charge is 2.36. The van der Waals surface area contributed by atoms with Crippen molar-refractivity contribution in [2.45, 2.75) is 25.8 Å². The number of nitrogens with zero attached hydrogens (tertiary/aromatic N) is 4. The molecule has 1 aromatic rings. The van der Waals surface area contributed by atoms with Crippen LogP contribution in [-0.4, -0.2) is 45.8 Å². The number of hydrogen-bond donors (Lipinski definition) is 0. The van der Waals surface area contributed by atoms with Crippen LogP contribution in [0.4, 0.5) is 5.13 Å². The predicted molar refractivity (Wildman–Crippen MR) is 61.6 cm³/mol. The molecule has 3 rings (SSSR count). The highest BCUT2D eigenvalue weighted by atomic mass is 32.1. The van der Waals surface area contributed by atoms with Crippen molar-refractivity contribution >= 4 is 22.6 Å². The first-order chi connectivity index (χ1) is 7.74. The fraction of sp³-hybridized carbons (Fsp3) is 0.700. The van der Waals surface area contributed by atoms with Crippen molar-refractivity contribution in [1.29, 1.82) is 0 Å². The topological polar surface area (TPSA) is 49.3 Å². The molecule has 2 heterocycles. The van der Waals surface area contributed by atoms with E-state index in [1.165, 1.54) is 24.4 Å². The average Bonchev–Trinajstić information content (AvgIpc) is 3.01. The van der Waals surface area contributed by atoms with Crippen molar-refractivity contribution in [1.82, 2.24) is 14.3 Å². The molecule has 0 bridgehead atoms. The van der Waals surface area contributed by atoms with Gasteiger partial charge in [0.25, 0.3) is 0 Å². The summed E-state index contributed by atoms with van der Waals surface area (Å²) in [6.45, 7) is 4.06. The van der Waals surface area contributed by atoms with E-state index in [1.54, 1.807) is 0 Å². The number of hydrogen-bond acceptors (Lipinski definition) is 5. The van der Waals surface area contributed by atoms with Crippen LogP contribution in [-0.2, 0) is 4.79 Å². The molecule has 0 spiro atoms. The minimum Gasteiger partial charge on any atom is -0.336 e. The maximum Gasteiger partial charge on any atom is 0.242 e. The van der Waals surface area contributed by atoms with Crippen LogP contribution < -0.4 is 4.90 Å². The van der Waals surface area contributed by atoms with Crippen LogP contribution in [0.3, 0.4) is 0 Å². The second kappa shape index (κ2) is 3.69. The van der Waals surface area contributed by atoms with Gasteiger partial charge in [0.05, 0.1) is 6.54 Å². The normalized spacial score (nSPS) is 21.7. The number of anilines is 1. The van der Waals surface area contributed by atoms with Gasteiger partial charge < -0.3 is 9.80 Å². The van der Waals surface area contributed by atoms with Gasteiger partial charge in [-0.25, -0.2) is 4.98 Å². The summed E-state index contributed by atoms with van der Waals surface area (Å²) in [5.74, 6) is 1.03. The van der Waals surface area contributed by atoms with Crippen LogP contribution >= 0.6 is 11.5 Å². The number of aromatic nitrogens is 2. The third-order valence-electron chi connectivity index (χ3n) is 3.03. The summed E-state index contributed by atoms with van der Waals surface area (Å²) in [7, 11) is 0. The van der Waals surface area contributed by atoms with Crippen LogP contribution in [0.5, 0.6) is 0 Å². The molecule has 0 N–H and O–H groups in total. The fourth-order valence-electron chi connectivity index (χ4n) is 2.04. The summed E-state index contributed by atoms with van der Waals surface area (Å²) in [6.07, 6.45) is 2.37. The summed E-state index contributed by atoms with van der Waals surface area (Å²) in [5.41, 5.74) is 0. The highest BCUT2D eigenvalue weighted by Crippen LogP contribution is 2.29. The second-order valence-corrected chi connectivity index (χ2v) is 5.09. The van der Waals surface area contributed by atoms with E-state index in [1.807, 2.05) is 16.7 Å². The molecule has 0 atom stereocenters. The SMILES string of the molecule is Cc1nsc(N2CCN(C3CC3)C(=O)C2)n1. The molecule has 1 aromatic heterocycles. The van der Waals surface area contributed by atoms with Crippen LogP contribution in [0, 0.1) is 6.92 Å². The number of piperazine rings is 1. The Morgan fingerprint density at radius 3 is 2.75 bits per heavy atom. The molecule has 1 aliphatic heterocycles. The van der Waals surface area contributed by atoms with Crippen LogP contribution in [0.2, 0.25) is 0 Å². The molecule has 0 radical (unpaired) electrons. The molecule has 1 amide bonds. The van der Waals surface area contributed by atoms with Crippen LogP contribution in [0.15, 0.2) is 0 Å². The Labute approximate surface area is 98.2 Å². The maximum absolute atomic E-state index is 11.9. The highest BCUT2D eigenvalue weighted by molar-refractivity contribution is 7.09. The minimum absolute atomic E-state index is 0.238. The lowest BCUT2D eigenvalue weighted by Crippen LogP contribution is -2.51. The molecule has 1 aliphatic carbocycles. The lowest BCUT2D eigenvalue weighted by Gasteiger charge is -2.34. The second-order valence-electron chi connectivity index (χ2n) is 4.36. The summed E-state index contributed by atoms with van der Waals surface area (Å²) in [4.78, 5) is 20.3. The Morgan fingerprint density at radius 2 is 2.19 bits per heavy atom. The predicted octanol–water partition coefficient (Wildman–Crippen LogP) is 0.658. The van der Waals surface area contributed by atoms with Gasteiger partial charge >= 0.3 is 0 Å². The van der Waals surface area contributed by atoms with Gasteiger partial charge in [-0.3, -0.25) is 4.79 Å². The minimum atomic E-state index is 0.238. The molecule has 1 saturated carbocycles. The van der Waals surface area contributed by atoms with Crippen molar-refractivity contribution in [3.8, 4) is 0 Å². The van der Waals surface area contributed by atoms with Crippen molar-refractivity contribution < 1.29 is 4.79 Å². The van der Waals surface area contributed by atoms with Crippen LogP contribution in [0.25, 0.3) is 0 Å². The quantitative estimate of drug-likeness (QED) is 0.759. The van der Waals surface area contributed by atoms with E-state index >= 15 is 0 Å².